The van der Waals surface area contributed by atoms with E-state index in [1.165, 1.54) is 5.56 Å². The highest BCUT2D eigenvalue weighted by Crippen LogP contribution is 2.34. The molecule has 142 valence electrons. The van der Waals surface area contributed by atoms with Crippen LogP contribution < -0.4 is 20.1 Å². The van der Waals surface area contributed by atoms with Crippen molar-refractivity contribution in [1.82, 2.24) is 4.98 Å². The van der Waals surface area contributed by atoms with Crippen LogP contribution in [0.5, 0.6) is 11.5 Å². The molecule has 1 aliphatic heterocycles. The second-order valence-corrected chi connectivity index (χ2v) is 6.85. The molecule has 1 aliphatic rings. The normalized spacial score (nSPS) is 12.1. The third kappa shape index (κ3) is 3.91. The smallest absolute Gasteiger partial charge is 0.255 e. The first-order valence-corrected chi connectivity index (χ1v) is 9.12. The van der Waals surface area contributed by atoms with Crippen molar-refractivity contribution >= 4 is 23.1 Å². The Morgan fingerprint density at radius 3 is 2.50 bits per heavy atom. The predicted octanol–water partition coefficient (Wildman–Crippen LogP) is 4.93. The number of fused-ring (bicyclic) bond motifs is 1. The molecule has 6 heteroatoms. The van der Waals surface area contributed by atoms with Gasteiger partial charge in [0.05, 0.1) is 0 Å². The van der Waals surface area contributed by atoms with Crippen molar-refractivity contribution in [3.63, 3.8) is 0 Å². The second-order valence-electron chi connectivity index (χ2n) is 6.85. The number of carbonyl (C=O) groups excluding carboxylic acids is 1. The quantitative estimate of drug-likeness (QED) is 0.661. The summed E-state index contributed by atoms with van der Waals surface area (Å²) in [6.07, 6.45) is 1.61. The zero-order chi connectivity index (χ0) is 19.5. The summed E-state index contributed by atoms with van der Waals surface area (Å²) < 4.78 is 10.6. The number of ether oxygens (including phenoxy) is 2. The van der Waals surface area contributed by atoms with Crippen molar-refractivity contribution in [2.75, 3.05) is 17.4 Å². The maximum Gasteiger partial charge on any atom is 0.255 e. The maximum atomic E-state index is 12.6. The molecular weight excluding hydrogens is 354 g/mol. The van der Waals surface area contributed by atoms with E-state index in [1.807, 2.05) is 12.1 Å². The summed E-state index contributed by atoms with van der Waals surface area (Å²) >= 11 is 0. The van der Waals surface area contributed by atoms with E-state index in [4.69, 9.17) is 9.47 Å². The first kappa shape index (κ1) is 17.9. The van der Waals surface area contributed by atoms with Crippen LogP contribution in [0.15, 0.2) is 60.8 Å². The van der Waals surface area contributed by atoms with Gasteiger partial charge in [0.15, 0.2) is 11.5 Å². The molecule has 3 aromatic rings. The number of rotatable bonds is 5. The van der Waals surface area contributed by atoms with Gasteiger partial charge in [0, 0.05) is 29.2 Å². The molecule has 0 spiro atoms. The van der Waals surface area contributed by atoms with E-state index < -0.39 is 0 Å². The van der Waals surface area contributed by atoms with Crippen LogP contribution in [0.25, 0.3) is 0 Å². The van der Waals surface area contributed by atoms with Gasteiger partial charge in [0.25, 0.3) is 5.91 Å². The zero-order valence-corrected chi connectivity index (χ0v) is 15.7. The summed E-state index contributed by atoms with van der Waals surface area (Å²) in [6, 6.07) is 16.9. The van der Waals surface area contributed by atoms with Gasteiger partial charge in [-0.15, -0.1) is 0 Å². The van der Waals surface area contributed by atoms with Gasteiger partial charge in [0.1, 0.15) is 5.82 Å². The lowest BCUT2D eigenvalue weighted by molar-refractivity contribution is 0.102. The minimum absolute atomic E-state index is 0.199. The SMILES string of the molecule is CC(C)c1ccc(Nc2cc(C(=O)Nc3ccc4c(c3)OCO4)ccn2)cc1. The average Bonchev–Trinajstić information content (AvgIpc) is 3.16. The standard InChI is InChI=1S/C22H21N3O3/c1-14(2)15-3-5-17(6-4-15)24-21-11-16(9-10-23-21)22(26)25-18-7-8-19-20(12-18)28-13-27-19/h3-12,14H,13H2,1-2H3,(H,23,24)(H,25,26). The van der Waals surface area contributed by atoms with E-state index in [1.54, 1.807) is 36.5 Å². The van der Waals surface area contributed by atoms with Gasteiger partial charge in [-0.05, 0) is 47.9 Å². The van der Waals surface area contributed by atoms with Gasteiger partial charge in [0.2, 0.25) is 6.79 Å². The Labute approximate surface area is 163 Å². The van der Waals surface area contributed by atoms with Crippen LogP contribution in [-0.4, -0.2) is 17.7 Å². The molecule has 6 nitrogen and oxygen atoms in total. The lowest BCUT2D eigenvalue weighted by Gasteiger charge is -2.10. The molecule has 0 unspecified atom stereocenters. The van der Waals surface area contributed by atoms with E-state index in [-0.39, 0.29) is 12.7 Å². The summed E-state index contributed by atoms with van der Waals surface area (Å²) in [5.74, 6) is 2.17. The fourth-order valence-electron chi connectivity index (χ4n) is 2.92. The molecule has 2 heterocycles. The summed E-state index contributed by atoms with van der Waals surface area (Å²) in [5.41, 5.74) is 3.35. The highest BCUT2D eigenvalue weighted by atomic mass is 16.7. The van der Waals surface area contributed by atoms with Gasteiger partial charge < -0.3 is 20.1 Å². The first-order valence-electron chi connectivity index (χ1n) is 9.12. The lowest BCUT2D eigenvalue weighted by atomic mass is 10.0. The van der Waals surface area contributed by atoms with Crippen LogP contribution in [0.3, 0.4) is 0 Å². The van der Waals surface area contributed by atoms with Crippen LogP contribution in [0.2, 0.25) is 0 Å². The van der Waals surface area contributed by atoms with Gasteiger partial charge >= 0.3 is 0 Å². The summed E-state index contributed by atoms with van der Waals surface area (Å²) in [4.78, 5) is 16.9. The van der Waals surface area contributed by atoms with E-state index in [0.717, 1.165) is 5.69 Å². The van der Waals surface area contributed by atoms with Crippen molar-refractivity contribution in [2.24, 2.45) is 0 Å². The molecule has 0 bridgehead atoms. The maximum absolute atomic E-state index is 12.6. The second kappa shape index (κ2) is 7.60. The van der Waals surface area contributed by atoms with Crippen molar-refractivity contribution < 1.29 is 14.3 Å². The van der Waals surface area contributed by atoms with E-state index in [9.17, 15) is 4.79 Å². The Kier molecular flexibility index (Phi) is 4.85. The third-order valence-corrected chi connectivity index (χ3v) is 4.50. The molecule has 0 aliphatic carbocycles. The number of carbonyl (C=O) groups is 1. The fraction of sp³-hybridized carbons (Fsp3) is 0.182. The molecule has 1 amide bonds. The number of anilines is 3. The van der Waals surface area contributed by atoms with E-state index in [2.05, 4.69) is 41.6 Å². The number of hydrogen-bond donors (Lipinski definition) is 2. The highest BCUT2D eigenvalue weighted by molar-refractivity contribution is 6.04. The van der Waals surface area contributed by atoms with Gasteiger partial charge in [-0.3, -0.25) is 4.79 Å². The highest BCUT2D eigenvalue weighted by Gasteiger charge is 2.15. The molecule has 2 aromatic carbocycles. The largest absolute Gasteiger partial charge is 0.454 e. The Morgan fingerprint density at radius 1 is 0.964 bits per heavy atom. The number of aromatic nitrogens is 1. The van der Waals surface area contributed by atoms with Crippen LogP contribution in [0, 0.1) is 0 Å². The average molecular weight is 375 g/mol. The van der Waals surface area contributed by atoms with Crippen molar-refractivity contribution in [1.29, 1.82) is 0 Å². The summed E-state index contributed by atoms with van der Waals surface area (Å²) in [5, 5.41) is 6.10. The molecular formula is C22H21N3O3. The molecule has 0 radical (unpaired) electrons. The number of nitrogens with zero attached hydrogens (tertiary/aromatic N) is 1. The summed E-state index contributed by atoms with van der Waals surface area (Å²) in [6.45, 7) is 4.52. The Hall–Kier alpha value is -3.54. The third-order valence-electron chi connectivity index (χ3n) is 4.50. The van der Waals surface area contributed by atoms with Crippen LogP contribution >= 0.6 is 0 Å². The zero-order valence-electron chi connectivity index (χ0n) is 15.7. The predicted molar refractivity (Wildman–Crippen MR) is 109 cm³/mol. The van der Waals surface area contributed by atoms with Crippen LogP contribution in [0.4, 0.5) is 17.2 Å². The Bertz CT molecular complexity index is 1000. The number of hydrogen-bond acceptors (Lipinski definition) is 5. The molecule has 2 N–H and O–H groups in total. The minimum Gasteiger partial charge on any atom is -0.454 e. The molecule has 28 heavy (non-hydrogen) atoms. The molecule has 4 rings (SSSR count). The minimum atomic E-state index is -0.223. The lowest BCUT2D eigenvalue weighted by Crippen LogP contribution is -2.12. The number of amides is 1. The van der Waals surface area contributed by atoms with Gasteiger partial charge in [-0.2, -0.15) is 0 Å². The van der Waals surface area contributed by atoms with E-state index >= 15 is 0 Å². The monoisotopic (exact) mass is 375 g/mol. The number of pyridine rings is 1. The molecule has 0 atom stereocenters. The molecule has 1 aromatic heterocycles. The van der Waals surface area contributed by atoms with Gasteiger partial charge in [-0.1, -0.05) is 26.0 Å². The molecule has 0 fully saturated rings. The first-order chi connectivity index (χ1) is 13.6. The van der Waals surface area contributed by atoms with Crippen LogP contribution in [0.1, 0.15) is 35.7 Å². The Balaban J connectivity index is 1.46. The van der Waals surface area contributed by atoms with Crippen molar-refractivity contribution in [3.8, 4) is 11.5 Å². The van der Waals surface area contributed by atoms with Crippen LogP contribution in [-0.2, 0) is 0 Å². The summed E-state index contributed by atoms with van der Waals surface area (Å²) in [7, 11) is 0. The topological polar surface area (TPSA) is 72.5 Å². The fourth-order valence-corrected chi connectivity index (χ4v) is 2.92. The molecule has 0 saturated heterocycles. The van der Waals surface area contributed by atoms with Crippen molar-refractivity contribution in [2.45, 2.75) is 19.8 Å². The molecule has 0 saturated carbocycles. The van der Waals surface area contributed by atoms with Gasteiger partial charge in [-0.25, -0.2) is 4.98 Å². The number of benzene rings is 2. The van der Waals surface area contributed by atoms with Crippen molar-refractivity contribution in [3.05, 3.63) is 71.9 Å². The van der Waals surface area contributed by atoms with E-state index in [0.29, 0.717) is 34.5 Å². The number of nitrogens with one attached hydrogen (secondary N) is 2. The Morgan fingerprint density at radius 2 is 1.71 bits per heavy atom.